The Morgan fingerprint density at radius 3 is 2.86 bits per heavy atom. The maximum Gasteiger partial charge on any atom is 0.165 e. The van der Waals surface area contributed by atoms with Crippen molar-refractivity contribution in [1.82, 2.24) is 10.3 Å². The van der Waals surface area contributed by atoms with Gasteiger partial charge < -0.3 is 15.8 Å². The molecule has 0 saturated heterocycles. The molecule has 1 unspecified atom stereocenters. The monoisotopic (exact) mass is 289 g/mol. The predicted molar refractivity (Wildman–Crippen MR) is 81.7 cm³/mol. The van der Waals surface area contributed by atoms with Crippen molar-refractivity contribution in [2.24, 2.45) is 0 Å². The summed E-state index contributed by atoms with van der Waals surface area (Å²) >= 11 is 0. The lowest BCUT2D eigenvalue weighted by atomic mass is 9.98. The molecule has 0 aliphatic heterocycles. The molecule has 2 rings (SSSR count). The number of nitrogens with two attached hydrogens (primary N) is 1. The molecule has 0 aliphatic carbocycles. The van der Waals surface area contributed by atoms with Crippen molar-refractivity contribution < 1.29 is 9.13 Å². The Morgan fingerprint density at radius 2 is 2.19 bits per heavy atom. The molecule has 4 nitrogen and oxygen atoms in total. The summed E-state index contributed by atoms with van der Waals surface area (Å²) in [5.74, 6) is 0.404. The molecule has 0 fully saturated rings. The molecule has 1 aromatic carbocycles. The summed E-state index contributed by atoms with van der Waals surface area (Å²) in [5, 5.41) is 3.38. The number of hydrogen-bond acceptors (Lipinski definition) is 4. The third kappa shape index (κ3) is 3.70. The van der Waals surface area contributed by atoms with E-state index in [1.165, 1.54) is 13.2 Å². The number of hydrogen-bond donors (Lipinski definition) is 2. The van der Waals surface area contributed by atoms with E-state index in [9.17, 15) is 4.39 Å². The van der Waals surface area contributed by atoms with E-state index in [1.54, 1.807) is 18.3 Å². The van der Waals surface area contributed by atoms with Gasteiger partial charge in [-0.2, -0.15) is 0 Å². The molecule has 5 heteroatoms. The van der Waals surface area contributed by atoms with Gasteiger partial charge in [-0.15, -0.1) is 0 Å². The van der Waals surface area contributed by atoms with Gasteiger partial charge in [0.05, 0.1) is 7.11 Å². The zero-order chi connectivity index (χ0) is 15.2. The van der Waals surface area contributed by atoms with E-state index < -0.39 is 0 Å². The number of aromatic nitrogens is 1. The van der Waals surface area contributed by atoms with Crippen molar-refractivity contribution in [3.63, 3.8) is 0 Å². The fourth-order valence-electron chi connectivity index (χ4n) is 2.29. The molecule has 1 atom stereocenters. The third-order valence-electron chi connectivity index (χ3n) is 3.38. The normalized spacial score (nSPS) is 12.1. The molecular weight excluding hydrogens is 269 g/mol. The number of pyridine rings is 1. The van der Waals surface area contributed by atoms with Gasteiger partial charge in [0.2, 0.25) is 0 Å². The Morgan fingerprint density at radius 1 is 1.38 bits per heavy atom. The van der Waals surface area contributed by atoms with Crippen LogP contribution in [-0.2, 0) is 6.42 Å². The fourth-order valence-corrected chi connectivity index (χ4v) is 2.29. The lowest BCUT2D eigenvalue weighted by molar-refractivity contribution is 0.384. The van der Waals surface area contributed by atoms with E-state index in [4.69, 9.17) is 10.5 Å². The van der Waals surface area contributed by atoms with Crippen LogP contribution in [0.3, 0.4) is 0 Å². The summed E-state index contributed by atoms with van der Waals surface area (Å²) in [5.41, 5.74) is 7.82. The molecule has 0 amide bonds. The quantitative estimate of drug-likeness (QED) is 0.858. The van der Waals surface area contributed by atoms with Crippen molar-refractivity contribution in [1.29, 1.82) is 0 Å². The van der Waals surface area contributed by atoms with Crippen molar-refractivity contribution in [2.75, 3.05) is 19.4 Å². The minimum absolute atomic E-state index is 0.0241. The van der Waals surface area contributed by atoms with Crippen molar-refractivity contribution >= 4 is 5.82 Å². The van der Waals surface area contributed by atoms with Crippen LogP contribution in [0.2, 0.25) is 0 Å². The lowest BCUT2D eigenvalue weighted by Gasteiger charge is -2.20. The summed E-state index contributed by atoms with van der Waals surface area (Å²) in [6.07, 6.45) is 2.35. The van der Waals surface area contributed by atoms with E-state index in [2.05, 4.69) is 10.3 Å². The van der Waals surface area contributed by atoms with E-state index >= 15 is 0 Å². The van der Waals surface area contributed by atoms with Gasteiger partial charge in [0.15, 0.2) is 11.6 Å². The van der Waals surface area contributed by atoms with Crippen LogP contribution in [0.15, 0.2) is 36.5 Å². The highest BCUT2D eigenvalue weighted by molar-refractivity contribution is 5.40. The number of benzene rings is 1. The molecule has 0 radical (unpaired) electrons. The second kappa shape index (κ2) is 7.04. The summed E-state index contributed by atoms with van der Waals surface area (Å²) in [6, 6.07) is 8.74. The predicted octanol–water partition coefficient (Wildman–Crippen LogP) is 2.70. The largest absolute Gasteiger partial charge is 0.494 e. The topological polar surface area (TPSA) is 60.2 Å². The van der Waals surface area contributed by atoms with Crippen LogP contribution in [0.4, 0.5) is 10.2 Å². The van der Waals surface area contributed by atoms with Crippen molar-refractivity contribution in [3.8, 4) is 5.75 Å². The Bertz CT molecular complexity index is 604. The number of nitrogens with zero attached hydrogens (tertiary/aromatic N) is 1. The fraction of sp³-hybridized carbons (Fsp3) is 0.312. The SMILES string of the molecule is CCNC(Cc1cccnc1N)c1ccc(F)c(OC)c1. The lowest BCUT2D eigenvalue weighted by Crippen LogP contribution is -2.23. The second-order valence-electron chi connectivity index (χ2n) is 4.76. The summed E-state index contributed by atoms with van der Waals surface area (Å²) in [6.45, 7) is 2.82. The van der Waals surface area contributed by atoms with E-state index in [0.717, 1.165) is 17.7 Å². The summed E-state index contributed by atoms with van der Waals surface area (Å²) < 4.78 is 18.6. The third-order valence-corrected chi connectivity index (χ3v) is 3.38. The first kappa shape index (κ1) is 15.3. The van der Waals surface area contributed by atoms with Gasteiger partial charge >= 0.3 is 0 Å². The number of anilines is 1. The number of likely N-dealkylation sites (N-methyl/N-ethyl adjacent to an activating group) is 1. The molecule has 1 aromatic heterocycles. The highest BCUT2D eigenvalue weighted by Crippen LogP contribution is 2.26. The van der Waals surface area contributed by atoms with Gasteiger partial charge in [0.1, 0.15) is 5.82 Å². The number of ether oxygens (including phenoxy) is 1. The molecule has 21 heavy (non-hydrogen) atoms. The average Bonchev–Trinajstić information content (AvgIpc) is 2.49. The van der Waals surface area contributed by atoms with E-state index in [0.29, 0.717) is 12.2 Å². The summed E-state index contributed by atoms with van der Waals surface area (Å²) in [4.78, 5) is 4.10. The molecule has 0 bridgehead atoms. The maximum absolute atomic E-state index is 13.5. The van der Waals surface area contributed by atoms with Gasteiger partial charge in [-0.3, -0.25) is 0 Å². The standard InChI is InChI=1S/C16H20FN3O/c1-3-19-14(9-12-5-4-8-20-16(12)18)11-6-7-13(17)15(10-11)21-2/h4-8,10,14,19H,3,9H2,1-2H3,(H2,18,20). The van der Waals surface area contributed by atoms with Gasteiger partial charge in [0, 0.05) is 12.2 Å². The van der Waals surface area contributed by atoms with Gasteiger partial charge in [-0.25, -0.2) is 9.37 Å². The highest BCUT2D eigenvalue weighted by atomic mass is 19.1. The molecule has 3 N–H and O–H groups in total. The van der Waals surface area contributed by atoms with Crippen LogP contribution in [0.5, 0.6) is 5.75 Å². The molecular formula is C16H20FN3O. The Kier molecular flexibility index (Phi) is 5.11. The van der Waals surface area contributed by atoms with E-state index in [-0.39, 0.29) is 17.6 Å². The number of nitrogens with one attached hydrogen (secondary N) is 1. The Balaban J connectivity index is 2.28. The number of halogens is 1. The van der Waals surface area contributed by atoms with Crippen molar-refractivity contribution in [3.05, 3.63) is 53.5 Å². The van der Waals surface area contributed by atoms with E-state index in [1.807, 2.05) is 19.1 Å². The Hall–Kier alpha value is -2.14. The molecule has 0 saturated carbocycles. The van der Waals surface area contributed by atoms with Crippen LogP contribution in [0.25, 0.3) is 0 Å². The Labute approximate surface area is 124 Å². The first-order chi connectivity index (χ1) is 10.2. The number of rotatable bonds is 6. The molecule has 0 spiro atoms. The van der Waals surface area contributed by atoms with Crippen LogP contribution >= 0.6 is 0 Å². The van der Waals surface area contributed by atoms with Gasteiger partial charge in [-0.1, -0.05) is 19.1 Å². The molecule has 0 aliphatic rings. The first-order valence-corrected chi connectivity index (χ1v) is 6.92. The zero-order valence-corrected chi connectivity index (χ0v) is 12.3. The zero-order valence-electron chi connectivity index (χ0n) is 12.3. The molecule has 1 heterocycles. The number of nitrogen functional groups attached to an aromatic ring is 1. The van der Waals surface area contributed by atoms with Crippen molar-refractivity contribution in [2.45, 2.75) is 19.4 Å². The first-order valence-electron chi connectivity index (χ1n) is 6.92. The maximum atomic E-state index is 13.5. The van der Waals surface area contributed by atoms with Crippen LogP contribution in [0, 0.1) is 5.82 Å². The van der Waals surface area contributed by atoms with Crippen LogP contribution < -0.4 is 15.8 Å². The number of methoxy groups -OCH3 is 1. The molecule has 2 aromatic rings. The second-order valence-corrected chi connectivity index (χ2v) is 4.76. The van der Waals surface area contributed by atoms with Gasteiger partial charge in [-0.05, 0) is 42.3 Å². The average molecular weight is 289 g/mol. The summed E-state index contributed by atoms with van der Waals surface area (Å²) in [7, 11) is 1.46. The van der Waals surface area contributed by atoms with Gasteiger partial charge in [0.25, 0.3) is 0 Å². The smallest absolute Gasteiger partial charge is 0.165 e. The van der Waals surface area contributed by atoms with Crippen LogP contribution in [0.1, 0.15) is 24.1 Å². The highest BCUT2D eigenvalue weighted by Gasteiger charge is 2.15. The molecule has 112 valence electrons. The van der Waals surface area contributed by atoms with Crippen LogP contribution in [-0.4, -0.2) is 18.6 Å². The minimum atomic E-state index is -0.364. The minimum Gasteiger partial charge on any atom is -0.494 e.